The van der Waals surface area contributed by atoms with Gasteiger partial charge in [0.2, 0.25) is 5.91 Å². The van der Waals surface area contributed by atoms with Gasteiger partial charge in [0.15, 0.2) is 10.3 Å². The fourth-order valence-corrected chi connectivity index (χ4v) is 3.67. The van der Waals surface area contributed by atoms with Crippen LogP contribution in [-0.2, 0) is 11.3 Å². The van der Waals surface area contributed by atoms with Crippen LogP contribution in [0.1, 0.15) is 6.92 Å². The number of amides is 1. The average molecular weight is 432 g/mol. The van der Waals surface area contributed by atoms with E-state index in [4.69, 9.17) is 18.0 Å². The zero-order chi connectivity index (χ0) is 21.0. The number of aromatic nitrogens is 2. The van der Waals surface area contributed by atoms with Crippen molar-refractivity contribution in [3.8, 4) is 0 Å². The number of carbonyl (C=O) groups excluding carboxylic acids is 1. The van der Waals surface area contributed by atoms with Gasteiger partial charge in [-0.05, 0) is 55.5 Å². The summed E-state index contributed by atoms with van der Waals surface area (Å²) in [5, 5.41) is 2.07. The van der Waals surface area contributed by atoms with Gasteiger partial charge < -0.3 is 5.73 Å². The van der Waals surface area contributed by atoms with Crippen molar-refractivity contribution in [1.29, 1.82) is 0 Å². The average Bonchev–Trinajstić information content (AvgIpc) is 2.71. The van der Waals surface area contributed by atoms with Crippen LogP contribution < -0.4 is 21.7 Å². The van der Waals surface area contributed by atoms with Gasteiger partial charge in [-0.1, -0.05) is 23.9 Å². The molecule has 29 heavy (non-hydrogen) atoms. The lowest BCUT2D eigenvalue weighted by molar-refractivity contribution is -0.118. The van der Waals surface area contributed by atoms with Crippen molar-refractivity contribution in [2.24, 2.45) is 5.73 Å². The first-order chi connectivity index (χ1) is 13.9. The molecule has 0 spiro atoms. The van der Waals surface area contributed by atoms with Crippen LogP contribution in [0, 0.1) is 5.82 Å². The van der Waals surface area contributed by atoms with E-state index in [1.807, 2.05) is 6.92 Å². The van der Waals surface area contributed by atoms with Crippen LogP contribution in [0.4, 0.5) is 10.1 Å². The SMILES string of the molecule is CCn1c(SCC(=O)NN(C(N)=S)c2ccc(F)cc2)nc2ccccc2c1=O. The second-order valence-electron chi connectivity index (χ2n) is 5.93. The molecule has 10 heteroatoms. The van der Waals surface area contributed by atoms with Gasteiger partial charge in [-0.2, -0.15) is 0 Å². The fraction of sp³-hybridized carbons (Fsp3) is 0.158. The first kappa shape index (κ1) is 20.7. The third-order valence-electron chi connectivity index (χ3n) is 4.02. The highest BCUT2D eigenvalue weighted by Crippen LogP contribution is 2.18. The summed E-state index contributed by atoms with van der Waals surface area (Å²) in [7, 11) is 0. The van der Waals surface area contributed by atoms with E-state index in [-0.39, 0.29) is 16.4 Å². The van der Waals surface area contributed by atoms with E-state index < -0.39 is 11.7 Å². The maximum Gasteiger partial charge on any atom is 0.262 e. The molecule has 0 saturated heterocycles. The second-order valence-corrected chi connectivity index (χ2v) is 7.30. The van der Waals surface area contributed by atoms with E-state index in [1.54, 1.807) is 24.3 Å². The standard InChI is InChI=1S/C19H18FN5O2S2/c1-2-24-17(27)14-5-3-4-6-15(14)22-19(24)29-11-16(26)23-25(18(21)28)13-9-7-12(20)8-10-13/h3-10H,2,11H2,1H3,(H2,21,28)(H,23,26). The van der Waals surface area contributed by atoms with Gasteiger partial charge in [0.1, 0.15) is 5.82 Å². The summed E-state index contributed by atoms with van der Waals surface area (Å²) in [5.41, 5.74) is 9.09. The van der Waals surface area contributed by atoms with E-state index in [0.717, 1.165) is 11.8 Å². The molecule has 0 atom stereocenters. The normalized spacial score (nSPS) is 10.7. The van der Waals surface area contributed by atoms with Gasteiger partial charge in [-0.25, -0.2) is 14.4 Å². The Morgan fingerprint density at radius 2 is 1.97 bits per heavy atom. The number of anilines is 1. The molecular weight excluding hydrogens is 413 g/mol. The number of fused-ring (bicyclic) bond motifs is 1. The molecule has 1 heterocycles. The van der Waals surface area contributed by atoms with Crippen molar-refractivity contribution in [1.82, 2.24) is 15.0 Å². The molecule has 3 rings (SSSR count). The predicted octanol–water partition coefficient (Wildman–Crippen LogP) is 2.43. The quantitative estimate of drug-likeness (QED) is 0.277. The van der Waals surface area contributed by atoms with Gasteiger partial charge >= 0.3 is 0 Å². The molecule has 3 N–H and O–H groups in total. The van der Waals surface area contributed by atoms with Gasteiger partial charge in [0.25, 0.3) is 5.56 Å². The molecule has 0 unspecified atom stereocenters. The summed E-state index contributed by atoms with van der Waals surface area (Å²) in [6.07, 6.45) is 0. The monoisotopic (exact) mass is 431 g/mol. The number of rotatable bonds is 5. The summed E-state index contributed by atoms with van der Waals surface area (Å²) in [5.74, 6) is -0.846. The summed E-state index contributed by atoms with van der Waals surface area (Å²) in [4.78, 5) is 29.6. The molecule has 0 saturated carbocycles. The van der Waals surface area contributed by atoms with Crippen molar-refractivity contribution in [3.63, 3.8) is 0 Å². The topological polar surface area (TPSA) is 93.2 Å². The Hall–Kier alpha value is -2.98. The number of hydrogen-bond donors (Lipinski definition) is 2. The molecule has 0 fully saturated rings. The molecule has 1 aromatic heterocycles. The van der Waals surface area contributed by atoms with Crippen LogP contribution in [0.25, 0.3) is 10.9 Å². The molecule has 3 aromatic rings. The molecule has 7 nitrogen and oxygen atoms in total. The number of nitrogens with zero attached hydrogens (tertiary/aromatic N) is 3. The zero-order valence-corrected chi connectivity index (χ0v) is 17.1. The summed E-state index contributed by atoms with van der Waals surface area (Å²) in [6, 6.07) is 12.4. The third-order valence-corrected chi connectivity index (χ3v) is 5.18. The Labute approximate surface area is 175 Å². The van der Waals surface area contributed by atoms with Crippen LogP contribution in [-0.4, -0.2) is 26.3 Å². The number of hydrogen-bond acceptors (Lipinski definition) is 5. The highest BCUT2D eigenvalue weighted by Gasteiger charge is 2.16. The number of benzene rings is 2. The van der Waals surface area contributed by atoms with Crippen LogP contribution >= 0.6 is 24.0 Å². The van der Waals surface area contributed by atoms with Crippen LogP contribution in [0.3, 0.4) is 0 Å². The van der Waals surface area contributed by atoms with Gasteiger partial charge in [-0.3, -0.25) is 19.6 Å². The maximum atomic E-state index is 13.1. The minimum Gasteiger partial charge on any atom is -0.374 e. The van der Waals surface area contributed by atoms with E-state index >= 15 is 0 Å². The Balaban J connectivity index is 1.77. The number of carbonyl (C=O) groups is 1. The highest BCUT2D eigenvalue weighted by atomic mass is 32.2. The Morgan fingerprint density at radius 3 is 2.62 bits per heavy atom. The number of halogens is 1. The van der Waals surface area contributed by atoms with Crippen molar-refractivity contribution in [2.45, 2.75) is 18.6 Å². The van der Waals surface area contributed by atoms with E-state index in [9.17, 15) is 14.0 Å². The number of thiocarbonyl (C=S) groups is 1. The smallest absolute Gasteiger partial charge is 0.262 e. The maximum absolute atomic E-state index is 13.1. The number of nitrogens with two attached hydrogens (primary N) is 1. The molecule has 150 valence electrons. The molecule has 2 aromatic carbocycles. The Morgan fingerprint density at radius 1 is 1.28 bits per heavy atom. The number of nitrogens with one attached hydrogen (secondary N) is 1. The lowest BCUT2D eigenvalue weighted by Crippen LogP contribution is -2.49. The predicted molar refractivity (Wildman–Crippen MR) is 116 cm³/mol. The second kappa shape index (κ2) is 9.01. The van der Waals surface area contributed by atoms with Crippen molar-refractivity contribution in [3.05, 3.63) is 64.7 Å². The Bertz CT molecular complexity index is 1120. The lowest BCUT2D eigenvalue weighted by atomic mass is 10.2. The molecule has 0 bridgehead atoms. The Kier molecular flexibility index (Phi) is 6.45. The van der Waals surface area contributed by atoms with Crippen LogP contribution in [0.15, 0.2) is 58.5 Å². The minimum absolute atomic E-state index is 0.0227. The van der Waals surface area contributed by atoms with Crippen molar-refractivity contribution in [2.75, 3.05) is 10.8 Å². The van der Waals surface area contributed by atoms with Gasteiger partial charge in [-0.15, -0.1) is 0 Å². The van der Waals surface area contributed by atoms with E-state index in [1.165, 1.54) is 33.8 Å². The van der Waals surface area contributed by atoms with Crippen LogP contribution in [0.2, 0.25) is 0 Å². The number of para-hydroxylation sites is 1. The lowest BCUT2D eigenvalue weighted by Gasteiger charge is -2.23. The summed E-state index contributed by atoms with van der Waals surface area (Å²) >= 11 is 6.10. The molecule has 0 aliphatic heterocycles. The van der Waals surface area contributed by atoms with Gasteiger partial charge in [0.05, 0.1) is 22.3 Å². The van der Waals surface area contributed by atoms with Crippen molar-refractivity contribution >= 4 is 51.6 Å². The van der Waals surface area contributed by atoms with Crippen LogP contribution in [0.5, 0.6) is 0 Å². The van der Waals surface area contributed by atoms with E-state index in [2.05, 4.69) is 10.4 Å². The summed E-state index contributed by atoms with van der Waals surface area (Å²) < 4.78 is 14.6. The third kappa shape index (κ3) is 4.72. The summed E-state index contributed by atoms with van der Waals surface area (Å²) in [6.45, 7) is 2.26. The molecule has 0 radical (unpaired) electrons. The minimum atomic E-state index is -0.418. The first-order valence-electron chi connectivity index (χ1n) is 8.67. The molecule has 0 aliphatic carbocycles. The first-order valence-corrected chi connectivity index (χ1v) is 10.1. The van der Waals surface area contributed by atoms with Gasteiger partial charge in [0, 0.05) is 6.54 Å². The largest absolute Gasteiger partial charge is 0.374 e. The number of hydrazine groups is 1. The fourth-order valence-electron chi connectivity index (χ4n) is 2.66. The van der Waals surface area contributed by atoms with E-state index in [0.29, 0.717) is 28.3 Å². The van der Waals surface area contributed by atoms with Crippen molar-refractivity contribution < 1.29 is 9.18 Å². The highest BCUT2D eigenvalue weighted by molar-refractivity contribution is 7.99. The zero-order valence-electron chi connectivity index (χ0n) is 15.5. The molecule has 0 aliphatic rings. The molecular formula is C19H18FN5O2S2. The number of thioether (sulfide) groups is 1. The molecule has 1 amide bonds.